The van der Waals surface area contributed by atoms with Crippen LogP contribution in [0.3, 0.4) is 0 Å². The van der Waals surface area contributed by atoms with E-state index < -0.39 is 6.61 Å². The maximum atomic E-state index is 12.4. The van der Waals surface area contributed by atoms with Gasteiger partial charge in [-0.05, 0) is 42.8 Å². The second kappa shape index (κ2) is 5.79. The average molecular weight is 316 g/mol. The number of aliphatic hydroxyl groups is 1. The molecule has 0 atom stereocenters. The fraction of sp³-hybridized carbons (Fsp3) is 0.125. The molecule has 0 unspecified atom stereocenters. The lowest BCUT2D eigenvalue weighted by Gasteiger charge is -2.12. The topological polar surface area (TPSA) is 66.6 Å². The number of halogens is 1. The fourth-order valence-corrected chi connectivity index (χ4v) is 2.42. The molecule has 1 aromatic carbocycles. The van der Waals surface area contributed by atoms with Crippen molar-refractivity contribution in [1.82, 2.24) is 9.38 Å². The molecule has 0 saturated carbocycles. The first-order chi connectivity index (χ1) is 10.6. The van der Waals surface area contributed by atoms with Gasteiger partial charge in [-0.2, -0.15) is 0 Å². The first-order valence-corrected chi connectivity index (χ1v) is 7.11. The minimum Gasteiger partial charge on any atom is -0.391 e. The van der Waals surface area contributed by atoms with Crippen LogP contribution >= 0.6 is 11.6 Å². The third-order valence-electron chi connectivity index (χ3n) is 3.32. The lowest BCUT2D eigenvalue weighted by Crippen LogP contribution is -2.21. The SMILES string of the molecule is Cc1ccn2c(=O)c(CO)c(Nc3cccc(Cl)c3)nc2c1. The van der Waals surface area contributed by atoms with E-state index in [0.717, 1.165) is 5.56 Å². The number of fused-ring (bicyclic) bond motifs is 1. The molecule has 2 N–H and O–H groups in total. The van der Waals surface area contributed by atoms with Gasteiger partial charge in [-0.1, -0.05) is 17.7 Å². The molecular formula is C16H14ClN3O2. The van der Waals surface area contributed by atoms with Crippen molar-refractivity contribution in [1.29, 1.82) is 0 Å². The monoisotopic (exact) mass is 315 g/mol. The molecule has 5 nitrogen and oxygen atoms in total. The van der Waals surface area contributed by atoms with Crippen LogP contribution in [0.1, 0.15) is 11.1 Å². The number of nitrogens with zero attached hydrogens (tertiary/aromatic N) is 2. The molecule has 6 heteroatoms. The van der Waals surface area contributed by atoms with E-state index in [2.05, 4.69) is 10.3 Å². The summed E-state index contributed by atoms with van der Waals surface area (Å²) in [5.74, 6) is 0.334. The van der Waals surface area contributed by atoms with Gasteiger partial charge >= 0.3 is 0 Å². The van der Waals surface area contributed by atoms with Gasteiger partial charge in [-0.25, -0.2) is 4.98 Å². The van der Waals surface area contributed by atoms with E-state index in [4.69, 9.17) is 11.6 Å². The number of aromatic nitrogens is 2. The largest absolute Gasteiger partial charge is 0.391 e. The van der Waals surface area contributed by atoms with E-state index in [-0.39, 0.29) is 11.1 Å². The fourth-order valence-electron chi connectivity index (χ4n) is 2.23. The zero-order valence-electron chi connectivity index (χ0n) is 11.9. The Morgan fingerprint density at radius 1 is 1.32 bits per heavy atom. The van der Waals surface area contributed by atoms with Gasteiger partial charge in [0.25, 0.3) is 5.56 Å². The lowest BCUT2D eigenvalue weighted by molar-refractivity contribution is 0.280. The number of pyridine rings is 1. The van der Waals surface area contributed by atoms with Crippen LogP contribution in [-0.2, 0) is 6.61 Å². The molecule has 0 aliphatic carbocycles. The van der Waals surface area contributed by atoms with Gasteiger partial charge in [0.05, 0.1) is 12.2 Å². The van der Waals surface area contributed by atoms with Crippen LogP contribution in [0.2, 0.25) is 5.02 Å². The zero-order chi connectivity index (χ0) is 15.7. The van der Waals surface area contributed by atoms with Crippen LogP contribution in [0.15, 0.2) is 47.4 Å². The van der Waals surface area contributed by atoms with Crippen LogP contribution in [-0.4, -0.2) is 14.5 Å². The molecule has 2 aromatic heterocycles. The van der Waals surface area contributed by atoms with Crippen LogP contribution < -0.4 is 10.9 Å². The molecular weight excluding hydrogens is 302 g/mol. The Balaban J connectivity index is 2.17. The Morgan fingerprint density at radius 3 is 2.86 bits per heavy atom. The summed E-state index contributed by atoms with van der Waals surface area (Å²) in [5.41, 5.74) is 2.13. The van der Waals surface area contributed by atoms with E-state index in [9.17, 15) is 9.90 Å². The highest BCUT2D eigenvalue weighted by Gasteiger charge is 2.12. The Bertz CT molecular complexity index is 906. The normalized spacial score (nSPS) is 10.9. The predicted octanol–water partition coefficient (Wildman–Crippen LogP) is 2.89. The summed E-state index contributed by atoms with van der Waals surface area (Å²) in [7, 11) is 0. The second-order valence-electron chi connectivity index (χ2n) is 4.97. The number of hydrogen-bond acceptors (Lipinski definition) is 4. The minimum absolute atomic E-state index is 0.210. The van der Waals surface area contributed by atoms with E-state index in [1.54, 1.807) is 24.4 Å². The molecule has 0 amide bonds. The molecule has 3 rings (SSSR count). The first-order valence-electron chi connectivity index (χ1n) is 6.74. The van der Waals surface area contributed by atoms with Crippen LogP contribution in [0.4, 0.5) is 11.5 Å². The third-order valence-corrected chi connectivity index (χ3v) is 3.56. The highest BCUT2D eigenvalue weighted by molar-refractivity contribution is 6.30. The number of hydrogen-bond donors (Lipinski definition) is 2. The van der Waals surface area contributed by atoms with Gasteiger partial charge in [0, 0.05) is 16.9 Å². The van der Waals surface area contributed by atoms with E-state index in [1.807, 2.05) is 25.1 Å². The molecule has 0 spiro atoms. The molecule has 0 saturated heterocycles. The maximum absolute atomic E-state index is 12.4. The summed E-state index contributed by atoms with van der Waals surface area (Å²) in [6, 6.07) is 10.7. The first kappa shape index (κ1) is 14.6. The highest BCUT2D eigenvalue weighted by Crippen LogP contribution is 2.21. The van der Waals surface area contributed by atoms with Crippen molar-refractivity contribution in [2.45, 2.75) is 13.5 Å². The summed E-state index contributed by atoms with van der Waals surface area (Å²) in [6.07, 6.45) is 1.66. The molecule has 0 aliphatic heterocycles. The van der Waals surface area contributed by atoms with Crippen molar-refractivity contribution in [3.63, 3.8) is 0 Å². The molecule has 2 heterocycles. The predicted molar refractivity (Wildman–Crippen MR) is 86.9 cm³/mol. The molecule has 0 fully saturated rings. The van der Waals surface area contributed by atoms with Crippen molar-refractivity contribution in [3.8, 4) is 0 Å². The molecule has 0 radical (unpaired) electrons. The summed E-state index contributed by atoms with van der Waals surface area (Å²) >= 11 is 5.96. The van der Waals surface area contributed by atoms with E-state index >= 15 is 0 Å². The van der Waals surface area contributed by atoms with Crippen molar-refractivity contribution in [2.24, 2.45) is 0 Å². The number of nitrogens with one attached hydrogen (secondary N) is 1. The standard InChI is InChI=1S/C16H14ClN3O2/c1-10-5-6-20-14(7-10)19-15(13(9-21)16(20)22)18-12-4-2-3-11(17)8-12/h2-8,18,21H,9H2,1H3. The van der Waals surface area contributed by atoms with Crippen molar-refractivity contribution in [3.05, 3.63) is 69.1 Å². The Labute approximate surface area is 131 Å². The van der Waals surface area contributed by atoms with E-state index in [0.29, 0.717) is 22.2 Å². The molecule has 22 heavy (non-hydrogen) atoms. The molecule has 0 bridgehead atoms. The summed E-state index contributed by atoms with van der Waals surface area (Å²) in [5, 5.41) is 13.1. The third kappa shape index (κ3) is 2.68. The van der Waals surface area contributed by atoms with Gasteiger partial charge in [-0.15, -0.1) is 0 Å². The summed E-state index contributed by atoms with van der Waals surface area (Å²) in [6.45, 7) is 1.53. The van der Waals surface area contributed by atoms with Crippen molar-refractivity contribution in [2.75, 3.05) is 5.32 Å². The lowest BCUT2D eigenvalue weighted by atomic mass is 10.2. The van der Waals surface area contributed by atoms with Crippen LogP contribution in [0, 0.1) is 6.92 Å². The zero-order valence-corrected chi connectivity index (χ0v) is 12.6. The quantitative estimate of drug-likeness (QED) is 0.780. The van der Waals surface area contributed by atoms with Gasteiger partial charge in [0.1, 0.15) is 11.5 Å². The maximum Gasteiger partial charge on any atom is 0.265 e. The number of aliphatic hydroxyl groups excluding tert-OH is 1. The van der Waals surface area contributed by atoms with Crippen molar-refractivity contribution >= 4 is 28.8 Å². The Kier molecular flexibility index (Phi) is 3.83. The van der Waals surface area contributed by atoms with Gasteiger partial charge in [0.2, 0.25) is 0 Å². The number of aryl methyl sites for hydroxylation is 1. The molecule has 3 aromatic rings. The Hall–Kier alpha value is -2.37. The van der Waals surface area contributed by atoms with Crippen LogP contribution in [0.25, 0.3) is 5.65 Å². The molecule has 0 aliphatic rings. The summed E-state index contributed by atoms with van der Waals surface area (Å²) in [4.78, 5) is 16.9. The van der Waals surface area contributed by atoms with Gasteiger partial charge in [-0.3, -0.25) is 9.20 Å². The van der Waals surface area contributed by atoms with Crippen LogP contribution in [0.5, 0.6) is 0 Å². The Morgan fingerprint density at radius 2 is 2.14 bits per heavy atom. The van der Waals surface area contributed by atoms with Crippen molar-refractivity contribution < 1.29 is 5.11 Å². The summed E-state index contributed by atoms with van der Waals surface area (Å²) < 4.78 is 1.42. The van der Waals surface area contributed by atoms with Gasteiger partial charge in [0.15, 0.2) is 0 Å². The highest BCUT2D eigenvalue weighted by atomic mass is 35.5. The number of anilines is 2. The number of benzene rings is 1. The minimum atomic E-state index is -0.397. The smallest absolute Gasteiger partial charge is 0.265 e. The average Bonchev–Trinajstić information content (AvgIpc) is 2.47. The second-order valence-corrected chi connectivity index (χ2v) is 5.41. The number of rotatable bonds is 3. The van der Waals surface area contributed by atoms with Gasteiger partial charge < -0.3 is 10.4 Å². The van der Waals surface area contributed by atoms with E-state index in [1.165, 1.54) is 4.40 Å². The molecule has 112 valence electrons.